The predicted molar refractivity (Wildman–Crippen MR) is 120 cm³/mol. The van der Waals surface area contributed by atoms with Gasteiger partial charge in [-0.05, 0) is 44.1 Å². The van der Waals surface area contributed by atoms with Crippen molar-refractivity contribution in [2.75, 3.05) is 36.5 Å². The third-order valence-corrected chi connectivity index (χ3v) is 6.77. The second-order valence-electron chi connectivity index (χ2n) is 8.74. The molecule has 0 spiro atoms. The Bertz CT molecular complexity index is 810. The fourth-order valence-electron chi connectivity index (χ4n) is 4.71. The van der Waals surface area contributed by atoms with Crippen LogP contribution in [0.4, 0.5) is 11.6 Å². The summed E-state index contributed by atoms with van der Waals surface area (Å²) in [7, 11) is 2.20. The van der Waals surface area contributed by atoms with Gasteiger partial charge in [-0.1, -0.05) is 43.5 Å². The van der Waals surface area contributed by atoms with Crippen molar-refractivity contribution in [3.63, 3.8) is 0 Å². The highest BCUT2D eigenvalue weighted by molar-refractivity contribution is 5.65. The smallest absolute Gasteiger partial charge is 0.164 e. The molecule has 1 saturated carbocycles. The molecule has 0 radical (unpaired) electrons. The summed E-state index contributed by atoms with van der Waals surface area (Å²) in [6, 6.07) is 11.1. The largest absolute Gasteiger partial charge is 0.396 e. The van der Waals surface area contributed by atoms with E-state index in [-0.39, 0.29) is 0 Å². The Morgan fingerprint density at radius 2 is 1.76 bits per heavy atom. The minimum Gasteiger partial charge on any atom is -0.396 e. The molecule has 5 nitrogen and oxygen atoms in total. The van der Waals surface area contributed by atoms with Crippen molar-refractivity contribution in [2.24, 2.45) is 5.92 Å². The average Bonchev–Trinajstić information content (AvgIpc) is 2.79. The first-order valence-corrected chi connectivity index (χ1v) is 11.2. The number of aryl methyl sites for hydroxylation is 1. The molecule has 2 fully saturated rings. The van der Waals surface area contributed by atoms with E-state index in [9.17, 15) is 5.11 Å². The highest BCUT2D eigenvalue weighted by Gasteiger charge is 2.24. The monoisotopic (exact) mass is 394 g/mol. The van der Waals surface area contributed by atoms with Gasteiger partial charge in [0.05, 0.1) is 0 Å². The third-order valence-electron chi connectivity index (χ3n) is 6.77. The molecule has 156 valence electrons. The lowest BCUT2D eigenvalue weighted by Crippen LogP contribution is -2.36. The molecule has 0 bridgehead atoms. The van der Waals surface area contributed by atoms with Gasteiger partial charge in [-0.15, -0.1) is 0 Å². The molecule has 2 aromatic rings. The maximum atomic E-state index is 9.48. The Labute approximate surface area is 174 Å². The van der Waals surface area contributed by atoms with Gasteiger partial charge in [0, 0.05) is 44.4 Å². The molecule has 0 unspecified atom stereocenters. The number of aliphatic hydroxyl groups excluding tert-OH is 1. The maximum Gasteiger partial charge on any atom is 0.164 e. The molecule has 29 heavy (non-hydrogen) atoms. The Hall–Kier alpha value is -2.14. The standard InChI is InChI=1S/C24H34N4O/c1-18-8-6-7-11-21(18)24-25-22(27(2)20-9-4-3-5-10-20)16-23(26-24)28-14-12-19(17-29)13-15-28/h6-8,11,16,19-20,29H,3-5,9-10,12-15,17H2,1-2H3. The van der Waals surface area contributed by atoms with E-state index in [1.165, 1.54) is 37.7 Å². The van der Waals surface area contributed by atoms with Crippen LogP contribution in [0.5, 0.6) is 0 Å². The molecule has 0 amide bonds. The zero-order valence-corrected chi connectivity index (χ0v) is 17.8. The van der Waals surface area contributed by atoms with Crippen LogP contribution in [0.2, 0.25) is 0 Å². The average molecular weight is 395 g/mol. The minimum absolute atomic E-state index is 0.293. The van der Waals surface area contributed by atoms with Crippen molar-refractivity contribution >= 4 is 11.6 Å². The van der Waals surface area contributed by atoms with Crippen LogP contribution in [0.15, 0.2) is 30.3 Å². The normalized spacial score (nSPS) is 18.8. The molecule has 2 aliphatic rings. The van der Waals surface area contributed by atoms with E-state index in [0.717, 1.165) is 49.0 Å². The Morgan fingerprint density at radius 3 is 2.45 bits per heavy atom. The molecule has 2 heterocycles. The minimum atomic E-state index is 0.293. The first-order valence-electron chi connectivity index (χ1n) is 11.2. The van der Waals surface area contributed by atoms with Crippen molar-refractivity contribution in [3.8, 4) is 11.4 Å². The van der Waals surface area contributed by atoms with Gasteiger partial charge in [0.25, 0.3) is 0 Å². The number of benzene rings is 1. The lowest BCUT2D eigenvalue weighted by Gasteiger charge is -2.35. The van der Waals surface area contributed by atoms with Crippen LogP contribution >= 0.6 is 0 Å². The van der Waals surface area contributed by atoms with E-state index in [0.29, 0.717) is 18.6 Å². The van der Waals surface area contributed by atoms with Gasteiger partial charge in [-0.2, -0.15) is 0 Å². The van der Waals surface area contributed by atoms with Gasteiger partial charge >= 0.3 is 0 Å². The number of nitrogens with zero attached hydrogens (tertiary/aromatic N) is 4. The molecule has 1 aliphatic carbocycles. The fraction of sp³-hybridized carbons (Fsp3) is 0.583. The van der Waals surface area contributed by atoms with Crippen molar-refractivity contribution < 1.29 is 5.11 Å². The van der Waals surface area contributed by atoms with Gasteiger partial charge in [-0.25, -0.2) is 9.97 Å². The Kier molecular flexibility index (Phi) is 6.34. The molecule has 1 aromatic carbocycles. The number of rotatable bonds is 5. The first-order chi connectivity index (χ1) is 14.2. The highest BCUT2D eigenvalue weighted by atomic mass is 16.3. The first kappa shape index (κ1) is 20.1. The number of aliphatic hydroxyl groups is 1. The van der Waals surface area contributed by atoms with E-state index < -0.39 is 0 Å². The van der Waals surface area contributed by atoms with Crippen LogP contribution in [0, 0.1) is 12.8 Å². The lowest BCUT2D eigenvalue weighted by atomic mass is 9.94. The van der Waals surface area contributed by atoms with E-state index in [2.05, 4.69) is 54.1 Å². The summed E-state index contributed by atoms with van der Waals surface area (Å²) in [4.78, 5) is 14.8. The summed E-state index contributed by atoms with van der Waals surface area (Å²) in [5.41, 5.74) is 2.31. The summed E-state index contributed by atoms with van der Waals surface area (Å²) in [5, 5.41) is 9.48. The SMILES string of the molecule is Cc1ccccc1-c1nc(N2CCC(CO)CC2)cc(N(C)C2CCCCC2)n1. The number of piperidine rings is 1. The molecule has 5 heteroatoms. The lowest BCUT2D eigenvalue weighted by molar-refractivity contribution is 0.203. The predicted octanol–water partition coefficient (Wildman–Crippen LogP) is 4.43. The van der Waals surface area contributed by atoms with Crippen LogP contribution in [0.3, 0.4) is 0 Å². The summed E-state index contributed by atoms with van der Waals surface area (Å²) < 4.78 is 0. The van der Waals surface area contributed by atoms with Crippen LogP contribution in [0.1, 0.15) is 50.5 Å². The molecule has 1 aliphatic heterocycles. The number of anilines is 2. The third kappa shape index (κ3) is 4.55. The Balaban J connectivity index is 1.68. The number of hydrogen-bond acceptors (Lipinski definition) is 5. The molecular weight excluding hydrogens is 360 g/mol. The van der Waals surface area contributed by atoms with Crippen LogP contribution in [-0.2, 0) is 0 Å². The number of hydrogen-bond donors (Lipinski definition) is 1. The zero-order chi connectivity index (χ0) is 20.2. The quantitative estimate of drug-likeness (QED) is 0.813. The van der Waals surface area contributed by atoms with Crippen LogP contribution in [-0.4, -0.2) is 47.9 Å². The molecule has 4 rings (SSSR count). The summed E-state index contributed by atoms with van der Waals surface area (Å²) in [6.45, 7) is 4.31. The summed E-state index contributed by atoms with van der Waals surface area (Å²) in [6.07, 6.45) is 8.52. The van der Waals surface area contributed by atoms with E-state index in [1.807, 2.05) is 0 Å². The fourth-order valence-corrected chi connectivity index (χ4v) is 4.71. The van der Waals surface area contributed by atoms with Gasteiger partial charge in [0.2, 0.25) is 0 Å². The van der Waals surface area contributed by atoms with Gasteiger partial charge in [0.15, 0.2) is 5.82 Å². The summed E-state index contributed by atoms with van der Waals surface area (Å²) in [5.74, 6) is 3.30. The zero-order valence-electron chi connectivity index (χ0n) is 17.8. The number of aromatic nitrogens is 2. The highest BCUT2D eigenvalue weighted by Crippen LogP contribution is 2.31. The van der Waals surface area contributed by atoms with Gasteiger partial charge < -0.3 is 14.9 Å². The van der Waals surface area contributed by atoms with E-state index >= 15 is 0 Å². The molecule has 1 saturated heterocycles. The molecular formula is C24H34N4O. The second-order valence-corrected chi connectivity index (χ2v) is 8.74. The topological polar surface area (TPSA) is 52.5 Å². The maximum absolute atomic E-state index is 9.48. The van der Waals surface area contributed by atoms with Crippen molar-refractivity contribution in [1.29, 1.82) is 0 Å². The van der Waals surface area contributed by atoms with E-state index in [4.69, 9.17) is 9.97 Å². The van der Waals surface area contributed by atoms with Crippen LogP contribution < -0.4 is 9.80 Å². The van der Waals surface area contributed by atoms with Crippen molar-refractivity contribution in [1.82, 2.24) is 9.97 Å². The van der Waals surface area contributed by atoms with Crippen molar-refractivity contribution in [2.45, 2.75) is 57.9 Å². The molecule has 1 aromatic heterocycles. The van der Waals surface area contributed by atoms with E-state index in [1.54, 1.807) is 0 Å². The molecule has 1 N–H and O–H groups in total. The molecule has 0 atom stereocenters. The Morgan fingerprint density at radius 1 is 1.03 bits per heavy atom. The van der Waals surface area contributed by atoms with Gasteiger partial charge in [0.1, 0.15) is 11.6 Å². The van der Waals surface area contributed by atoms with Crippen LogP contribution in [0.25, 0.3) is 11.4 Å². The summed E-state index contributed by atoms with van der Waals surface area (Å²) >= 11 is 0. The van der Waals surface area contributed by atoms with Gasteiger partial charge in [-0.3, -0.25) is 0 Å². The van der Waals surface area contributed by atoms with Crippen molar-refractivity contribution in [3.05, 3.63) is 35.9 Å². The second kappa shape index (κ2) is 9.12.